The Balaban J connectivity index is 3.56. The van der Waals surface area contributed by atoms with Crippen molar-refractivity contribution in [2.75, 3.05) is 0 Å². The minimum absolute atomic E-state index is 0.120. The lowest BCUT2D eigenvalue weighted by Crippen LogP contribution is -2.17. The van der Waals surface area contributed by atoms with Gasteiger partial charge in [-0.1, -0.05) is 0 Å². The number of halogens is 3. The Morgan fingerprint density at radius 1 is 1.53 bits per heavy atom. The van der Waals surface area contributed by atoms with Gasteiger partial charge in [-0.3, -0.25) is 0 Å². The third kappa shape index (κ3) is 2.61. The Labute approximate surface area is 99.1 Å². The standard InChI is InChI=1S/C7H7F2IN2O2S/c1-3-2-12-7(15(11,13)14)5(10)4(3)6(8)9/h2,6H,1H3,(H2,11,13,14). The molecule has 0 fully saturated rings. The van der Waals surface area contributed by atoms with Gasteiger partial charge in [0.1, 0.15) is 0 Å². The van der Waals surface area contributed by atoms with Crippen molar-refractivity contribution in [2.45, 2.75) is 18.4 Å². The fourth-order valence-corrected chi connectivity index (χ4v) is 3.32. The van der Waals surface area contributed by atoms with Crippen molar-refractivity contribution in [3.63, 3.8) is 0 Å². The number of nitrogens with zero attached hydrogens (tertiary/aromatic N) is 1. The molecule has 1 rings (SSSR count). The molecule has 1 aromatic heterocycles. The van der Waals surface area contributed by atoms with E-state index in [4.69, 9.17) is 5.14 Å². The maximum atomic E-state index is 12.6. The Morgan fingerprint density at radius 3 is 2.47 bits per heavy atom. The van der Waals surface area contributed by atoms with Crippen LogP contribution in [-0.2, 0) is 10.0 Å². The van der Waals surface area contributed by atoms with Gasteiger partial charge in [0.25, 0.3) is 16.4 Å². The van der Waals surface area contributed by atoms with Gasteiger partial charge < -0.3 is 0 Å². The molecule has 1 aromatic rings. The zero-order valence-electron chi connectivity index (χ0n) is 7.54. The van der Waals surface area contributed by atoms with Crippen LogP contribution < -0.4 is 5.14 Å². The van der Waals surface area contributed by atoms with Crippen LogP contribution in [0.2, 0.25) is 0 Å². The molecular formula is C7H7F2IN2O2S. The van der Waals surface area contributed by atoms with Crippen molar-refractivity contribution < 1.29 is 17.2 Å². The highest BCUT2D eigenvalue weighted by molar-refractivity contribution is 14.1. The van der Waals surface area contributed by atoms with Crippen LogP contribution >= 0.6 is 22.6 Å². The number of hydrogen-bond acceptors (Lipinski definition) is 3. The number of aromatic nitrogens is 1. The first-order chi connectivity index (χ1) is 6.75. The minimum atomic E-state index is -4.06. The number of primary sulfonamides is 1. The third-order valence-electron chi connectivity index (χ3n) is 1.71. The van der Waals surface area contributed by atoms with Crippen molar-refractivity contribution in [3.05, 3.63) is 20.9 Å². The lowest BCUT2D eigenvalue weighted by molar-refractivity contribution is 0.149. The monoisotopic (exact) mass is 348 g/mol. The predicted molar refractivity (Wildman–Crippen MR) is 58.0 cm³/mol. The Hall–Kier alpha value is -0.350. The second-order valence-electron chi connectivity index (χ2n) is 2.82. The molecule has 0 aliphatic rings. The van der Waals surface area contributed by atoms with E-state index in [2.05, 4.69) is 4.98 Å². The van der Waals surface area contributed by atoms with Crippen molar-refractivity contribution in [2.24, 2.45) is 5.14 Å². The molecule has 0 atom stereocenters. The van der Waals surface area contributed by atoms with Crippen LogP contribution in [0.15, 0.2) is 11.2 Å². The highest BCUT2D eigenvalue weighted by atomic mass is 127. The lowest BCUT2D eigenvalue weighted by Gasteiger charge is -2.09. The maximum Gasteiger partial charge on any atom is 0.265 e. The molecule has 84 valence electrons. The van der Waals surface area contributed by atoms with Crippen molar-refractivity contribution in [3.8, 4) is 0 Å². The third-order valence-corrected chi connectivity index (χ3v) is 4.02. The molecule has 0 saturated carbocycles. The first-order valence-corrected chi connectivity index (χ1v) is 6.33. The molecule has 0 unspecified atom stereocenters. The van der Waals surface area contributed by atoms with Gasteiger partial charge in [0.2, 0.25) is 0 Å². The van der Waals surface area contributed by atoms with E-state index in [1.165, 1.54) is 29.5 Å². The van der Waals surface area contributed by atoms with Crippen molar-refractivity contribution in [1.82, 2.24) is 4.98 Å². The molecule has 1 heterocycles. The average Bonchev–Trinajstić information content (AvgIpc) is 2.00. The summed E-state index contributed by atoms with van der Waals surface area (Å²) in [5.74, 6) is 0. The van der Waals surface area contributed by atoms with E-state index in [-0.39, 0.29) is 14.7 Å². The van der Waals surface area contributed by atoms with Gasteiger partial charge >= 0.3 is 0 Å². The maximum absolute atomic E-state index is 12.6. The molecule has 0 radical (unpaired) electrons. The van der Waals surface area contributed by atoms with Gasteiger partial charge in [-0.2, -0.15) is 0 Å². The summed E-state index contributed by atoms with van der Waals surface area (Å²) in [6, 6.07) is 0. The minimum Gasteiger partial charge on any atom is -0.242 e. The molecule has 8 heteroatoms. The summed E-state index contributed by atoms with van der Waals surface area (Å²) >= 11 is 1.51. The molecule has 0 aliphatic carbocycles. The van der Waals surface area contributed by atoms with E-state index in [1.54, 1.807) is 0 Å². The highest BCUT2D eigenvalue weighted by Crippen LogP contribution is 2.30. The van der Waals surface area contributed by atoms with Gasteiger partial charge in [0.15, 0.2) is 5.03 Å². The Bertz CT molecular complexity index is 490. The van der Waals surface area contributed by atoms with E-state index in [9.17, 15) is 17.2 Å². The molecular weight excluding hydrogens is 341 g/mol. The fraction of sp³-hybridized carbons (Fsp3) is 0.286. The Kier molecular flexibility index (Phi) is 3.61. The molecule has 2 N–H and O–H groups in total. The topological polar surface area (TPSA) is 73.0 Å². The molecule has 0 saturated heterocycles. The molecule has 0 spiro atoms. The molecule has 0 amide bonds. The lowest BCUT2D eigenvalue weighted by atomic mass is 10.2. The summed E-state index contributed by atoms with van der Waals surface area (Å²) in [6.45, 7) is 1.43. The highest BCUT2D eigenvalue weighted by Gasteiger charge is 2.23. The Morgan fingerprint density at radius 2 is 2.07 bits per heavy atom. The number of pyridine rings is 1. The summed E-state index contributed by atoms with van der Waals surface area (Å²) in [4.78, 5) is 3.54. The summed E-state index contributed by atoms with van der Waals surface area (Å²) in [5.41, 5.74) is -0.101. The quantitative estimate of drug-likeness (QED) is 0.825. The number of sulfonamides is 1. The summed E-state index contributed by atoms with van der Waals surface area (Å²) in [7, 11) is -4.06. The average molecular weight is 348 g/mol. The van der Waals surface area contributed by atoms with Gasteiger partial charge in [-0.15, -0.1) is 0 Å². The van der Waals surface area contributed by atoms with Crippen LogP contribution in [0.4, 0.5) is 8.78 Å². The molecule has 0 bridgehead atoms. The van der Waals surface area contributed by atoms with E-state index in [0.29, 0.717) is 0 Å². The second-order valence-corrected chi connectivity index (χ2v) is 5.38. The fourth-order valence-electron chi connectivity index (χ4n) is 1.04. The second kappa shape index (κ2) is 4.26. The van der Waals surface area contributed by atoms with Gasteiger partial charge in [-0.25, -0.2) is 27.3 Å². The number of rotatable bonds is 2. The van der Waals surface area contributed by atoms with Crippen molar-refractivity contribution >= 4 is 32.6 Å². The summed E-state index contributed by atoms with van der Waals surface area (Å²) < 4.78 is 47.1. The van der Waals surface area contributed by atoms with Gasteiger partial charge in [0, 0.05) is 11.8 Å². The summed E-state index contributed by atoms with van der Waals surface area (Å²) in [5, 5.41) is 4.33. The largest absolute Gasteiger partial charge is 0.265 e. The molecule has 0 aromatic carbocycles. The summed E-state index contributed by atoms with van der Waals surface area (Å²) in [6.07, 6.45) is -1.68. The van der Waals surface area contributed by atoms with Crippen LogP contribution in [-0.4, -0.2) is 13.4 Å². The van der Waals surface area contributed by atoms with E-state index in [0.717, 1.165) is 6.20 Å². The smallest absolute Gasteiger partial charge is 0.242 e. The number of aryl methyl sites for hydroxylation is 1. The van der Waals surface area contributed by atoms with Gasteiger partial charge in [0.05, 0.1) is 3.57 Å². The number of alkyl halides is 2. The van der Waals surface area contributed by atoms with E-state index >= 15 is 0 Å². The van der Waals surface area contributed by atoms with Gasteiger partial charge in [-0.05, 0) is 35.1 Å². The number of nitrogens with two attached hydrogens (primary N) is 1. The van der Waals surface area contributed by atoms with Crippen LogP contribution in [0, 0.1) is 10.5 Å². The predicted octanol–water partition coefficient (Wildman–Crippen LogP) is 1.58. The van der Waals surface area contributed by atoms with E-state index in [1.807, 2.05) is 0 Å². The SMILES string of the molecule is Cc1cnc(S(N)(=O)=O)c(I)c1C(F)F. The van der Waals surface area contributed by atoms with E-state index < -0.39 is 21.5 Å². The van der Waals surface area contributed by atoms with Crippen LogP contribution in [0.1, 0.15) is 17.6 Å². The first-order valence-electron chi connectivity index (χ1n) is 3.71. The van der Waals surface area contributed by atoms with Crippen LogP contribution in [0.25, 0.3) is 0 Å². The van der Waals surface area contributed by atoms with Crippen LogP contribution in [0.5, 0.6) is 0 Å². The molecule has 15 heavy (non-hydrogen) atoms. The molecule has 0 aliphatic heterocycles. The first kappa shape index (κ1) is 12.7. The molecule has 4 nitrogen and oxygen atoms in total. The van der Waals surface area contributed by atoms with Crippen LogP contribution in [0.3, 0.4) is 0 Å². The number of hydrogen-bond donors (Lipinski definition) is 1. The zero-order valence-corrected chi connectivity index (χ0v) is 10.5. The normalized spacial score (nSPS) is 12.1. The zero-order chi connectivity index (χ0) is 11.8. The van der Waals surface area contributed by atoms with Crippen molar-refractivity contribution in [1.29, 1.82) is 0 Å².